The molecule has 170 valence electrons. The zero-order valence-electron chi connectivity index (χ0n) is 19.3. The molecule has 3 rings (SSSR count). The molecule has 0 aliphatic rings. The molecule has 34 heavy (non-hydrogen) atoms. The number of phenolic OH excluding ortho intramolecular Hbond substituents is 1. The van der Waals surface area contributed by atoms with Gasteiger partial charge in [-0.2, -0.15) is 0 Å². The zero-order chi connectivity index (χ0) is 24.2. The molecular weight excluding hydrogens is 420 g/mol. The van der Waals surface area contributed by atoms with Crippen molar-refractivity contribution in [2.24, 2.45) is 10.1 Å². The van der Waals surface area contributed by atoms with Crippen LogP contribution in [0.1, 0.15) is 19.4 Å². The SMILES string of the molecule is C\C=C/C(=C/C(=N/O)c1ccccc1)C(/C=C\C)=C/C=Nc1ccc(O)c(-c2ccccc2)c1. The number of nitrogens with zero attached hydrogens (tertiary/aromatic N) is 2. The van der Waals surface area contributed by atoms with Gasteiger partial charge in [0.25, 0.3) is 0 Å². The van der Waals surface area contributed by atoms with E-state index in [4.69, 9.17) is 0 Å². The van der Waals surface area contributed by atoms with Gasteiger partial charge in [-0.25, -0.2) is 0 Å². The molecule has 3 aromatic carbocycles. The van der Waals surface area contributed by atoms with E-state index in [2.05, 4.69) is 10.1 Å². The van der Waals surface area contributed by atoms with Gasteiger partial charge >= 0.3 is 0 Å². The third-order valence-electron chi connectivity index (χ3n) is 5.04. The van der Waals surface area contributed by atoms with E-state index in [9.17, 15) is 10.3 Å². The summed E-state index contributed by atoms with van der Waals surface area (Å²) in [6.07, 6.45) is 13.3. The van der Waals surface area contributed by atoms with Gasteiger partial charge in [-0.1, -0.05) is 90.1 Å². The van der Waals surface area contributed by atoms with Gasteiger partial charge in [0, 0.05) is 17.3 Å². The molecule has 0 saturated carbocycles. The van der Waals surface area contributed by atoms with E-state index in [0.29, 0.717) is 5.71 Å². The molecule has 0 radical (unpaired) electrons. The van der Waals surface area contributed by atoms with E-state index in [0.717, 1.165) is 33.5 Å². The molecule has 0 aromatic heterocycles. The number of oxime groups is 1. The number of hydrogen-bond acceptors (Lipinski definition) is 4. The van der Waals surface area contributed by atoms with Crippen molar-refractivity contribution in [1.82, 2.24) is 0 Å². The van der Waals surface area contributed by atoms with Crippen molar-refractivity contribution in [3.63, 3.8) is 0 Å². The topological polar surface area (TPSA) is 65.2 Å². The summed E-state index contributed by atoms with van der Waals surface area (Å²) in [5.74, 6) is 0.213. The van der Waals surface area contributed by atoms with Crippen LogP contribution in [0, 0.1) is 0 Å². The Bertz CT molecular complexity index is 1270. The lowest BCUT2D eigenvalue weighted by Crippen LogP contribution is -1.99. The summed E-state index contributed by atoms with van der Waals surface area (Å²) in [5.41, 5.74) is 5.45. The molecular formula is C30H28N2O2. The molecule has 0 aliphatic heterocycles. The van der Waals surface area contributed by atoms with Gasteiger partial charge in [0.05, 0.1) is 5.69 Å². The highest BCUT2D eigenvalue weighted by Gasteiger charge is 2.06. The molecule has 0 bridgehead atoms. The average Bonchev–Trinajstić information content (AvgIpc) is 2.88. The Kier molecular flexibility index (Phi) is 8.94. The normalized spacial score (nSPS) is 13.4. The van der Waals surface area contributed by atoms with Crippen LogP contribution in [0.25, 0.3) is 11.1 Å². The lowest BCUT2D eigenvalue weighted by atomic mass is 10.00. The van der Waals surface area contributed by atoms with Crippen molar-refractivity contribution in [3.8, 4) is 16.9 Å². The minimum atomic E-state index is 0.213. The third-order valence-corrected chi connectivity index (χ3v) is 5.04. The summed E-state index contributed by atoms with van der Waals surface area (Å²) in [7, 11) is 0. The molecule has 3 aromatic rings. The smallest absolute Gasteiger partial charge is 0.123 e. The van der Waals surface area contributed by atoms with Crippen molar-refractivity contribution < 1.29 is 10.3 Å². The second kappa shape index (κ2) is 12.6. The van der Waals surface area contributed by atoms with E-state index in [1.54, 1.807) is 18.3 Å². The van der Waals surface area contributed by atoms with Gasteiger partial charge in [-0.3, -0.25) is 4.99 Å². The van der Waals surface area contributed by atoms with Crippen LogP contribution in [-0.2, 0) is 0 Å². The molecule has 4 nitrogen and oxygen atoms in total. The van der Waals surface area contributed by atoms with Gasteiger partial charge in [0.1, 0.15) is 11.5 Å². The fourth-order valence-corrected chi connectivity index (χ4v) is 3.42. The maximum Gasteiger partial charge on any atom is 0.123 e. The van der Waals surface area contributed by atoms with Crippen LogP contribution < -0.4 is 0 Å². The number of benzene rings is 3. The lowest BCUT2D eigenvalue weighted by Gasteiger charge is -2.06. The number of aliphatic imine (C=N–C) groups is 1. The van der Waals surface area contributed by atoms with Crippen molar-refractivity contribution >= 4 is 17.6 Å². The Morgan fingerprint density at radius 1 is 0.794 bits per heavy atom. The van der Waals surface area contributed by atoms with E-state index >= 15 is 0 Å². The molecule has 0 fully saturated rings. The minimum absolute atomic E-state index is 0.213. The molecule has 0 atom stereocenters. The first-order chi connectivity index (χ1) is 16.7. The monoisotopic (exact) mass is 448 g/mol. The quantitative estimate of drug-likeness (QED) is 0.161. The lowest BCUT2D eigenvalue weighted by molar-refractivity contribution is 0.320. The van der Waals surface area contributed by atoms with Crippen LogP contribution in [-0.4, -0.2) is 22.2 Å². The van der Waals surface area contributed by atoms with Crippen LogP contribution in [0.5, 0.6) is 5.75 Å². The second-order valence-electron chi connectivity index (χ2n) is 7.42. The van der Waals surface area contributed by atoms with Crippen LogP contribution in [0.2, 0.25) is 0 Å². The van der Waals surface area contributed by atoms with Crippen LogP contribution in [0.4, 0.5) is 5.69 Å². The second-order valence-corrected chi connectivity index (χ2v) is 7.42. The first-order valence-corrected chi connectivity index (χ1v) is 11.0. The molecule has 0 aliphatic carbocycles. The highest BCUT2D eigenvalue weighted by Crippen LogP contribution is 2.32. The highest BCUT2D eigenvalue weighted by molar-refractivity contribution is 6.09. The van der Waals surface area contributed by atoms with Crippen molar-refractivity contribution in [3.05, 3.63) is 132 Å². The predicted molar refractivity (Wildman–Crippen MR) is 142 cm³/mol. The number of allylic oxidation sites excluding steroid dienone is 8. The van der Waals surface area contributed by atoms with Crippen LogP contribution in [0.15, 0.2) is 137 Å². The summed E-state index contributed by atoms with van der Waals surface area (Å²) in [6, 6.07) is 24.5. The fraction of sp³-hybridized carbons (Fsp3) is 0.0667. The molecule has 0 spiro atoms. The first-order valence-electron chi connectivity index (χ1n) is 11.0. The van der Waals surface area contributed by atoms with Gasteiger partial charge in [-0.15, -0.1) is 0 Å². The fourth-order valence-electron chi connectivity index (χ4n) is 3.42. The van der Waals surface area contributed by atoms with Crippen LogP contribution >= 0.6 is 0 Å². The molecule has 2 N–H and O–H groups in total. The highest BCUT2D eigenvalue weighted by atomic mass is 16.4. The Balaban J connectivity index is 1.95. The Morgan fingerprint density at radius 3 is 2.09 bits per heavy atom. The molecule has 0 unspecified atom stereocenters. The first kappa shape index (κ1) is 24.2. The average molecular weight is 449 g/mol. The van der Waals surface area contributed by atoms with E-state index in [-0.39, 0.29) is 5.75 Å². The van der Waals surface area contributed by atoms with Gasteiger partial charge in [-0.05, 0) is 60.9 Å². The van der Waals surface area contributed by atoms with E-state index < -0.39 is 0 Å². The number of aromatic hydroxyl groups is 1. The number of rotatable bonds is 8. The maximum absolute atomic E-state index is 10.3. The summed E-state index contributed by atoms with van der Waals surface area (Å²) in [5, 5.41) is 23.4. The summed E-state index contributed by atoms with van der Waals surface area (Å²) in [4.78, 5) is 4.58. The molecule has 4 heteroatoms. The van der Waals surface area contributed by atoms with Crippen molar-refractivity contribution in [2.75, 3.05) is 0 Å². The zero-order valence-corrected chi connectivity index (χ0v) is 19.3. The predicted octanol–water partition coefficient (Wildman–Crippen LogP) is 7.65. The van der Waals surface area contributed by atoms with E-state index in [1.165, 1.54) is 0 Å². The van der Waals surface area contributed by atoms with Crippen molar-refractivity contribution in [1.29, 1.82) is 0 Å². The molecule has 0 saturated heterocycles. The van der Waals surface area contributed by atoms with Crippen LogP contribution in [0.3, 0.4) is 0 Å². The van der Waals surface area contributed by atoms with Crippen molar-refractivity contribution in [2.45, 2.75) is 13.8 Å². The number of phenols is 1. The third kappa shape index (κ3) is 6.53. The molecule has 0 amide bonds. The maximum atomic E-state index is 10.3. The Labute approximate surface area is 200 Å². The largest absolute Gasteiger partial charge is 0.507 e. The Hall–Kier alpha value is -4.44. The standard InChI is InChI=1S/C30H28N2O2/c1-3-11-23(26(12-4-2)21-29(32-34)25-15-9-6-10-16-25)19-20-31-27-17-18-30(33)28(22-27)24-13-7-5-8-14-24/h3-22,33-34H,1-2H3/b11-3-,12-4-,23-19+,26-21-,31-20?,32-29-. The molecule has 0 heterocycles. The Morgan fingerprint density at radius 2 is 1.44 bits per heavy atom. The minimum Gasteiger partial charge on any atom is -0.507 e. The summed E-state index contributed by atoms with van der Waals surface area (Å²) >= 11 is 0. The van der Waals surface area contributed by atoms with Gasteiger partial charge in [0.15, 0.2) is 0 Å². The van der Waals surface area contributed by atoms with E-state index in [1.807, 2.05) is 117 Å². The van der Waals surface area contributed by atoms with Gasteiger partial charge in [0.2, 0.25) is 0 Å². The van der Waals surface area contributed by atoms with Gasteiger partial charge < -0.3 is 10.3 Å². The number of hydrogen-bond donors (Lipinski definition) is 2. The summed E-state index contributed by atoms with van der Waals surface area (Å²) in [6.45, 7) is 3.89. The summed E-state index contributed by atoms with van der Waals surface area (Å²) < 4.78 is 0.